The summed E-state index contributed by atoms with van der Waals surface area (Å²) in [5.74, 6) is 0. The maximum Gasteiger partial charge on any atom is 3.00 e. The van der Waals surface area contributed by atoms with E-state index >= 15 is 0 Å². The van der Waals surface area contributed by atoms with Crippen LogP contribution in [0.15, 0.2) is 0 Å². The molecule has 0 aromatic heterocycles. The molecule has 0 spiro atoms. The second-order valence-electron chi connectivity index (χ2n) is 0. The SMILES string of the molecule is [F-].[F-].[F-].[Sc+3].[Y+3]. The Morgan fingerprint density at radius 2 is 0.600 bits per heavy atom. The first kappa shape index (κ1) is 72.2. The molecule has 5 heavy (non-hydrogen) atoms. The molecule has 0 fully saturated rings. The zero-order chi connectivity index (χ0) is 0. The van der Waals surface area contributed by atoms with Crippen LogP contribution in [0.3, 0.4) is 0 Å². The number of halogens is 3. The van der Waals surface area contributed by atoms with E-state index in [9.17, 15) is 0 Å². The molecule has 0 nitrogen and oxygen atoms in total. The van der Waals surface area contributed by atoms with Crippen molar-refractivity contribution in [3.8, 4) is 0 Å². The summed E-state index contributed by atoms with van der Waals surface area (Å²) in [6.45, 7) is 0. The van der Waals surface area contributed by atoms with E-state index in [4.69, 9.17) is 0 Å². The molecule has 5 heteroatoms. The first-order valence-corrected chi connectivity index (χ1v) is 0. The standard InChI is InChI=1S/3FH.Sc.Y/h3*1H;;/q;;;2*+3/p-3. The van der Waals surface area contributed by atoms with Crippen LogP contribution in [0.2, 0.25) is 0 Å². The van der Waals surface area contributed by atoms with Gasteiger partial charge in [-0.05, 0) is 0 Å². The van der Waals surface area contributed by atoms with Gasteiger partial charge < -0.3 is 14.1 Å². The molecule has 0 N–H and O–H groups in total. The van der Waals surface area contributed by atoms with Gasteiger partial charge in [-0.3, -0.25) is 0 Å². The Morgan fingerprint density at radius 1 is 0.600 bits per heavy atom. The smallest absolute Gasteiger partial charge is 1.00 e. The fraction of sp³-hybridized carbons (Fsp3) is 0. The van der Waals surface area contributed by atoms with E-state index < -0.39 is 0 Å². The largest absolute Gasteiger partial charge is 3.00 e. The molecule has 0 aliphatic heterocycles. The van der Waals surface area contributed by atoms with Gasteiger partial charge in [0.05, 0.1) is 0 Å². The molecule has 0 saturated carbocycles. The van der Waals surface area contributed by atoms with Gasteiger partial charge in [-0.2, -0.15) is 0 Å². The van der Waals surface area contributed by atoms with Crippen molar-refractivity contribution in [3.05, 3.63) is 0 Å². The molecule has 0 heterocycles. The minimum Gasteiger partial charge on any atom is -1.00 e. The number of hydrogen-bond acceptors (Lipinski definition) is 0. The van der Waals surface area contributed by atoms with Crippen LogP contribution in [0, 0.1) is 0 Å². The van der Waals surface area contributed by atoms with E-state index in [1.54, 1.807) is 0 Å². The van der Waals surface area contributed by atoms with E-state index in [-0.39, 0.29) is 72.7 Å². The van der Waals surface area contributed by atoms with Crippen LogP contribution >= 0.6 is 0 Å². The first-order valence-electron chi connectivity index (χ1n) is 0. The first-order chi connectivity index (χ1) is 0. The third-order valence-corrected chi connectivity index (χ3v) is 0. The van der Waals surface area contributed by atoms with Crippen molar-refractivity contribution in [1.29, 1.82) is 0 Å². The Morgan fingerprint density at radius 3 is 0.600 bits per heavy atom. The van der Waals surface area contributed by atoms with Gasteiger partial charge in [0, 0.05) is 0 Å². The number of hydrogen-bond donors (Lipinski definition) is 0. The zero-order valence-electron chi connectivity index (χ0n) is 2.29. The summed E-state index contributed by atoms with van der Waals surface area (Å²) in [4.78, 5) is 0. The third kappa shape index (κ3) is 26.2. The molecule has 0 rings (SSSR count). The van der Waals surface area contributed by atoms with Gasteiger partial charge >= 0.3 is 58.6 Å². The Hall–Kier alpha value is 1.76. The molecule has 0 aromatic carbocycles. The molecule has 0 aromatic rings. The molecule has 0 radical (unpaired) electrons. The summed E-state index contributed by atoms with van der Waals surface area (Å²) in [7, 11) is 0. The van der Waals surface area contributed by atoms with Gasteiger partial charge in [0.1, 0.15) is 0 Å². The van der Waals surface area contributed by atoms with Crippen LogP contribution in [0.5, 0.6) is 0 Å². The van der Waals surface area contributed by atoms with Crippen molar-refractivity contribution in [2.75, 3.05) is 0 Å². The van der Waals surface area contributed by atoms with Crippen LogP contribution in [-0.2, 0) is 58.6 Å². The van der Waals surface area contributed by atoms with E-state index in [2.05, 4.69) is 0 Å². The zero-order valence-corrected chi connectivity index (χ0v) is 6.93. The summed E-state index contributed by atoms with van der Waals surface area (Å²) in [5, 5.41) is 0. The second-order valence-corrected chi connectivity index (χ2v) is 0. The van der Waals surface area contributed by atoms with Crippen LogP contribution < -0.4 is 14.1 Å². The summed E-state index contributed by atoms with van der Waals surface area (Å²) < 4.78 is 0. The maximum absolute atomic E-state index is 0. The quantitative estimate of drug-likeness (QED) is 0.356. The van der Waals surface area contributed by atoms with Crippen LogP contribution in [0.4, 0.5) is 0 Å². The minimum atomic E-state index is 0. The second kappa shape index (κ2) is 42.0. The fourth-order valence-corrected chi connectivity index (χ4v) is 0. The van der Waals surface area contributed by atoms with Crippen molar-refractivity contribution >= 4 is 0 Å². The topological polar surface area (TPSA) is 0 Å². The minimum absolute atomic E-state index is 0. The van der Waals surface area contributed by atoms with Gasteiger partial charge in [0.25, 0.3) is 0 Å². The molecule has 0 aliphatic carbocycles. The molecule has 0 atom stereocenters. The Kier molecular flexibility index (Phi) is 607. The van der Waals surface area contributed by atoms with Gasteiger partial charge in [0.2, 0.25) is 0 Å². The summed E-state index contributed by atoms with van der Waals surface area (Å²) >= 11 is 0. The molecule has 0 bridgehead atoms. The van der Waals surface area contributed by atoms with E-state index in [0.717, 1.165) is 0 Å². The van der Waals surface area contributed by atoms with Crippen LogP contribution in [0.1, 0.15) is 0 Å². The summed E-state index contributed by atoms with van der Waals surface area (Å²) in [5.41, 5.74) is 0. The van der Waals surface area contributed by atoms with Crippen molar-refractivity contribution in [2.24, 2.45) is 0 Å². The van der Waals surface area contributed by atoms with Gasteiger partial charge in [-0.1, -0.05) is 0 Å². The van der Waals surface area contributed by atoms with Crippen molar-refractivity contribution in [2.45, 2.75) is 0 Å². The summed E-state index contributed by atoms with van der Waals surface area (Å²) in [6, 6.07) is 0. The molecular formula is F3ScY+3. The van der Waals surface area contributed by atoms with Gasteiger partial charge in [-0.15, -0.1) is 0 Å². The Bertz CT molecular complexity index is 6.85. The average molecular weight is 191 g/mol. The number of rotatable bonds is 0. The normalized spacial score (nSPS) is 0. The van der Waals surface area contributed by atoms with E-state index in [1.165, 1.54) is 0 Å². The third-order valence-electron chi connectivity index (χ3n) is 0. The van der Waals surface area contributed by atoms with Crippen molar-refractivity contribution in [1.82, 2.24) is 0 Å². The average Bonchev–Trinajstić information content (AvgIpc) is 0. The molecule has 0 aliphatic rings. The monoisotopic (exact) mass is 191 g/mol. The van der Waals surface area contributed by atoms with Crippen molar-refractivity contribution in [3.63, 3.8) is 0 Å². The van der Waals surface area contributed by atoms with E-state index in [0.29, 0.717) is 0 Å². The van der Waals surface area contributed by atoms with Gasteiger partial charge in [-0.25, -0.2) is 0 Å². The van der Waals surface area contributed by atoms with Crippen LogP contribution in [-0.4, -0.2) is 0 Å². The molecule has 0 amide bonds. The van der Waals surface area contributed by atoms with Gasteiger partial charge in [0.15, 0.2) is 0 Å². The molecular weight excluding hydrogens is 191 g/mol. The molecule has 24 valence electrons. The Labute approximate surface area is 71.8 Å². The predicted octanol–water partition coefficient (Wildman–Crippen LogP) is -8.99. The predicted molar refractivity (Wildman–Crippen MR) is 0 cm³/mol. The molecule has 0 unspecified atom stereocenters. The maximum atomic E-state index is 0. The molecule has 0 saturated heterocycles. The fourth-order valence-electron chi connectivity index (χ4n) is 0. The van der Waals surface area contributed by atoms with E-state index in [1.807, 2.05) is 0 Å². The summed E-state index contributed by atoms with van der Waals surface area (Å²) in [6.07, 6.45) is 0. The van der Waals surface area contributed by atoms with Crippen molar-refractivity contribution < 1.29 is 72.7 Å². The Balaban J connectivity index is 0. The van der Waals surface area contributed by atoms with Crippen LogP contribution in [0.25, 0.3) is 0 Å².